The Bertz CT molecular complexity index is 211. The summed E-state index contributed by atoms with van der Waals surface area (Å²) in [6.07, 6.45) is 2.18. The van der Waals surface area contributed by atoms with Gasteiger partial charge in [0.15, 0.2) is 0 Å². The van der Waals surface area contributed by atoms with Crippen LogP contribution >= 0.6 is 0 Å². The normalized spacial score (nSPS) is 18.6. The van der Waals surface area contributed by atoms with E-state index in [1.165, 1.54) is 4.90 Å². The van der Waals surface area contributed by atoms with Crippen molar-refractivity contribution in [2.24, 2.45) is 5.41 Å². The lowest BCUT2D eigenvalue weighted by Crippen LogP contribution is -2.24. The van der Waals surface area contributed by atoms with Crippen LogP contribution in [0.2, 0.25) is 0 Å². The highest BCUT2D eigenvalue weighted by atomic mass is 16.2. The molecule has 0 spiro atoms. The van der Waals surface area contributed by atoms with Gasteiger partial charge in [-0.2, -0.15) is 5.26 Å². The molecule has 3 heteroatoms. The van der Waals surface area contributed by atoms with Gasteiger partial charge in [-0.25, -0.2) is 0 Å². The van der Waals surface area contributed by atoms with Gasteiger partial charge in [-0.05, 0) is 12.8 Å². The van der Waals surface area contributed by atoms with E-state index < -0.39 is 0 Å². The van der Waals surface area contributed by atoms with Crippen molar-refractivity contribution in [1.29, 1.82) is 5.26 Å². The first-order valence-corrected chi connectivity index (χ1v) is 3.71. The number of nitrogens with zero attached hydrogens (tertiary/aromatic N) is 2. The Kier molecular flexibility index (Phi) is 1.86. The van der Waals surface area contributed by atoms with Crippen LogP contribution in [0.5, 0.6) is 0 Å². The third-order valence-corrected chi connectivity index (χ3v) is 2.08. The maximum atomic E-state index is 11.1. The molecule has 1 amide bonds. The Morgan fingerprint density at radius 2 is 2.18 bits per heavy atom. The molecule has 0 radical (unpaired) electrons. The minimum absolute atomic E-state index is 0.0593. The minimum atomic E-state index is -0.290. The summed E-state index contributed by atoms with van der Waals surface area (Å²) in [6.45, 7) is 0. The van der Waals surface area contributed by atoms with Crippen molar-refractivity contribution in [2.45, 2.75) is 19.3 Å². The third-order valence-electron chi connectivity index (χ3n) is 2.08. The monoisotopic (exact) mass is 152 g/mol. The fourth-order valence-corrected chi connectivity index (χ4v) is 0.927. The molecule has 1 aliphatic rings. The van der Waals surface area contributed by atoms with Crippen LogP contribution in [0.15, 0.2) is 0 Å². The lowest BCUT2D eigenvalue weighted by molar-refractivity contribution is -0.129. The van der Waals surface area contributed by atoms with Crippen molar-refractivity contribution in [1.82, 2.24) is 4.90 Å². The van der Waals surface area contributed by atoms with Gasteiger partial charge in [0.05, 0.1) is 11.5 Å². The molecule has 0 heterocycles. The van der Waals surface area contributed by atoms with E-state index in [4.69, 9.17) is 5.26 Å². The van der Waals surface area contributed by atoms with E-state index in [1.807, 2.05) is 0 Å². The predicted octanol–water partition coefficient (Wildman–Crippen LogP) is 0.768. The smallest absolute Gasteiger partial charge is 0.223 e. The summed E-state index contributed by atoms with van der Waals surface area (Å²) in [7, 11) is 3.44. The molecule has 0 bridgehead atoms. The highest BCUT2D eigenvalue weighted by Gasteiger charge is 2.45. The quantitative estimate of drug-likeness (QED) is 0.586. The molecule has 1 saturated carbocycles. The van der Waals surface area contributed by atoms with Gasteiger partial charge in [-0.3, -0.25) is 4.79 Å². The second kappa shape index (κ2) is 2.54. The van der Waals surface area contributed by atoms with Crippen molar-refractivity contribution in [3.8, 4) is 6.07 Å². The topological polar surface area (TPSA) is 44.1 Å². The molecule has 3 nitrogen and oxygen atoms in total. The third kappa shape index (κ3) is 1.70. The van der Waals surface area contributed by atoms with Gasteiger partial charge in [-0.1, -0.05) is 0 Å². The first kappa shape index (κ1) is 8.06. The van der Waals surface area contributed by atoms with Crippen LogP contribution in [0.3, 0.4) is 0 Å². The van der Waals surface area contributed by atoms with Crippen LogP contribution in [-0.2, 0) is 4.79 Å². The van der Waals surface area contributed by atoms with Crippen molar-refractivity contribution >= 4 is 5.91 Å². The maximum Gasteiger partial charge on any atom is 0.223 e. The van der Waals surface area contributed by atoms with E-state index in [9.17, 15) is 4.79 Å². The average Bonchev–Trinajstić information content (AvgIpc) is 2.69. The molecule has 60 valence electrons. The number of carbonyl (C=O) groups excluding carboxylic acids is 1. The van der Waals surface area contributed by atoms with E-state index in [0.717, 1.165) is 12.8 Å². The average molecular weight is 152 g/mol. The molecular weight excluding hydrogens is 140 g/mol. The van der Waals surface area contributed by atoms with Gasteiger partial charge in [0.25, 0.3) is 0 Å². The molecule has 1 aliphatic carbocycles. The summed E-state index contributed by atoms with van der Waals surface area (Å²) in [6, 6.07) is 2.19. The van der Waals surface area contributed by atoms with E-state index in [-0.39, 0.29) is 11.3 Å². The van der Waals surface area contributed by atoms with Crippen LogP contribution < -0.4 is 0 Å². The highest BCUT2D eigenvalue weighted by molar-refractivity contribution is 5.77. The number of hydrogen-bond acceptors (Lipinski definition) is 2. The number of carbonyl (C=O) groups is 1. The van der Waals surface area contributed by atoms with Crippen LogP contribution in [0.1, 0.15) is 19.3 Å². The zero-order valence-electron chi connectivity index (χ0n) is 6.92. The van der Waals surface area contributed by atoms with Crippen molar-refractivity contribution in [3.63, 3.8) is 0 Å². The number of rotatable bonds is 2. The van der Waals surface area contributed by atoms with Crippen molar-refractivity contribution < 1.29 is 4.79 Å². The number of amides is 1. The summed E-state index contributed by atoms with van der Waals surface area (Å²) in [5.74, 6) is 0.0593. The van der Waals surface area contributed by atoms with E-state index in [0.29, 0.717) is 6.42 Å². The van der Waals surface area contributed by atoms with E-state index in [1.54, 1.807) is 14.1 Å². The Hall–Kier alpha value is -1.04. The van der Waals surface area contributed by atoms with Crippen LogP contribution in [0, 0.1) is 16.7 Å². The van der Waals surface area contributed by atoms with Crippen LogP contribution in [0.4, 0.5) is 0 Å². The Morgan fingerprint density at radius 3 is 2.45 bits per heavy atom. The first-order chi connectivity index (χ1) is 5.09. The standard InChI is InChI=1S/C8H12N2O/c1-10(2)7(11)5-8(6-9)3-4-8/h3-5H2,1-2H3. The van der Waals surface area contributed by atoms with Gasteiger partial charge in [-0.15, -0.1) is 0 Å². The zero-order chi connectivity index (χ0) is 8.48. The second-order valence-electron chi connectivity index (χ2n) is 3.36. The maximum absolute atomic E-state index is 11.1. The van der Waals surface area contributed by atoms with Crippen molar-refractivity contribution in [3.05, 3.63) is 0 Å². The van der Waals surface area contributed by atoms with Crippen LogP contribution in [0.25, 0.3) is 0 Å². The lowest BCUT2D eigenvalue weighted by Gasteiger charge is -2.11. The fraction of sp³-hybridized carbons (Fsp3) is 0.750. The molecule has 0 saturated heterocycles. The molecule has 1 fully saturated rings. The molecule has 0 N–H and O–H groups in total. The molecule has 0 atom stereocenters. The largest absolute Gasteiger partial charge is 0.349 e. The Balaban J connectivity index is 2.44. The Morgan fingerprint density at radius 1 is 1.64 bits per heavy atom. The molecule has 0 aromatic rings. The summed E-state index contributed by atoms with van der Waals surface area (Å²) >= 11 is 0. The number of hydrogen-bond donors (Lipinski definition) is 0. The summed E-state index contributed by atoms with van der Waals surface area (Å²) < 4.78 is 0. The first-order valence-electron chi connectivity index (χ1n) is 3.71. The predicted molar refractivity (Wildman–Crippen MR) is 40.6 cm³/mol. The molecule has 0 aliphatic heterocycles. The van der Waals surface area contributed by atoms with Gasteiger partial charge in [0.2, 0.25) is 5.91 Å². The molecule has 11 heavy (non-hydrogen) atoms. The fourth-order valence-electron chi connectivity index (χ4n) is 0.927. The molecule has 1 rings (SSSR count). The summed E-state index contributed by atoms with van der Waals surface area (Å²) in [5, 5.41) is 8.67. The van der Waals surface area contributed by atoms with Crippen LogP contribution in [-0.4, -0.2) is 24.9 Å². The highest BCUT2D eigenvalue weighted by Crippen LogP contribution is 2.48. The van der Waals surface area contributed by atoms with Crippen molar-refractivity contribution in [2.75, 3.05) is 14.1 Å². The van der Waals surface area contributed by atoms with Gasteiger partial charge in [0, 0.05) is 20.5 Å². The Labute approximate surface area is 66.6 Å². The van der Waals surface area contributed by atoms with Gasteiger partial charge in [0.1, 0.15) is 0 Å². The SMILES string of the molecule is CN(C)C(=O)CC1(C#N)CC1. The summed E-state index contributed by atoms with van der Waals surface area (Å²) in [4.78, 5) is 12.7. The van der Waals surface area contributed by atoms with E-state index >= 15 is 0 Å². The molecule has 0 aromatic carbocycles. The molecule has 0 aromatic heterocycles. The van der Waals surface area contributed by atoms with Gasteiger partial charge < -0.3 is 4.90 Å². The van der Waals surface area contributed by atoms with Gasteiger partial charge >= 0.3 is 0 Å². The molecular formula is C8H12N2O. The second-order valence-corrected chi connectivity index (χ2v) is 3.36. The zero-order valence-corrected chi connectivity index (χ0v) is 6.92. The minimum Gasteiger partial charge on any atom is -0.349 e. The van der Waals surface area contributed by atoms with E-state index in [2.05, 4.69) is 6.07 Å². The summed E-state index contributed by atoms with van der Waals surface area (Å²) in [5.41, 5.74) is -0.290. The number of nitriles is 1. The molecule has 0 unspecified atom stereocenters. The lowest BCUT2D eigenvalue weighted by atomic mass is 10.0.